The fourth-order valence-corrected chi connectivity index (χ4v) is 0. The van der Waals surface area contributed by atoms with Crippen molar-refractivity contribution in [2.24, 2.45) is 0 Å². The third kappa shape index (κ3) is 35.0. The second kappa shape index (κ2) is 57.9. The van der Waals surface area contributed by atoms with Crippen LogP contribution in [0.25, 0.3) is 0 Å². The Morgan fingerprint density at radius 3 is 0.500 bits per heavy atom. The average molecular weight is 256 g/mol. The van der Waals surface area contributed by atoms with E-state index in [0.29, 0.717) is 0 Å². The van der Waals surface area contributed by atoms with Gasteiger partial charge in [-0.15, -0.1) is 0 Å². The van der Waals surface area contributed by atoms with Gasteiger partial charge in [-0.3, -0.25) is 0 Å². The van der Waals surface area contributed by atoms with Crippen molar-refractivity contribution < 1.29 is 83.2 Å². The first-order valence-corrected chi connectivity index (χ1v) is 0. The Kier molecular flexibility index (Phi) is 859. The van der Waals surface area contributed by atoms with Crippen LogP contribution >= 0.6 is 0 Å². The van der Waals surface area contributed by atoms with Gasteiger partial charge in [0.25, 0.3) is 0 Å². The van der Waals surface area contributed by atoms with Gasteiger partial charge in [0.1, 0.15) is 0 Å². The van der Waals surface area contributed by atoms with E-state index in [1.165, 1.54) is 0 Å². The maximum Gasteiger partial charge on any atom is 2.00 e. The summed E-state index contributed by atoms with van der Waals surface area (Å²) in [5, 5.41) is 0. The summed E-state index contributed by atoms with van der Waals surface area (Å²) in [5.74, 6) is 0. The van der Waals surface area contributed by atoms with Gasteiger partial charge in [-0.2, -0.15) is 0 Å². The molecule has 0 nitrogen and oxygen atoms in total. The third-order valence-corrected chi connectivity index (χ3v) is 0. The van der Waals surface area contributed by atoms with Crippen LogP contribution in [0.2, 0.25) is 0 Å². The van der Waals surface area contributed by atoms with Gasteiger partial charge in [0.05, 0.1) is 0 Å². The summed E-state index contributed by atoms with van der Waals surface area (Å²) in [5.41, 5.74) is 0. The normalized spacial score (nSPS) is 0. The van der Waals surface area contributed by atoms with E-state index in [2.05, 4.69) is 0 Å². The molecule has 0 saturated heterocycles. The maximum absolute atomic E-state index is 0. The van der Waals surface area contributed by atoms with Crippen LogP contribution in [0.15, 0.2) is 0 Å². The summed E-state index contributed by atoms with van der Waals surface area (Å²) in [6, 6.07) is 0. The molecule has 0 rings (SSSR count). The van der Waals surface area contributed by atoms with Gasteiger partial charge in [-0.1, -0.05) is 0 Å². The summed E-state index contributed by atoms with van der Waals surface area (Å²) in [4.78, 5) is 0. The molecule has 0 saturated carbocycles. The molecular formula is Cl4FeNi. The van der Waals surface area contributed by atoms with E-state index in [9.17, 15) is 0 Å². The quantitative estimate of drug-likeness (QED) is 0.378. The topological polar surface area (TPSA) is 0 Å². The Labute approximate surface area is 82.6 Å². The van der Waals surface area contributed by atoms with Crippen molar-refractivity contribution in [1.82, 2.24) is 0 Å². The Bertz CT molecular complexity index is 7.51. The van der Waals surface area contributed by atoms with Crippen LogP contribution in [0, 0.1) is 0 Å². The number of hydrogen-bond acceptors (Lipinski definition) is 0. The minimum Gasteiger partial charge on any atom is -1.00 e. The smallest absolute Gasteiger partial charge is 1.00 e. The fraction of sp³-hybridized carbons (Fsp3) is 0. The molecule has 46 valence electrons. The van der Waals surface area contributed by atoms with Gasteiger partial charge in [0.15, 0.2) is 0 Å². The van der Waals surface area contributed by atoms with E-state index >= 15 is 0 Å². The van der Waals surface area contributed by atoms with Crippen LogP contribution in [0.4, 0.5) is 0 Å². The van der Waals surface area contributed by atoms with E-state index in [4.69, 9.17) is 0 Å². The molecule has 0 radical (unpaired) electrons. The van der Waals surface area contributed by atoms with E-state index < -0.39 is 0 Å². The van der Waals surface area contributed by atoms with Crippen molar-refractivity contribution in [3.05, 3.63) is 0 Å². The zero-order valence-electron chi connectivity index (χ0n) is 2.18. The first-order valence-electron chi connectivity index (χ1n) is 0. The summed E-state index contributed by atoms with van der Waals surface area (Å²) >= 11 is 0. The molecule has 0 aromatic rings. The van der Waals surface area contributed by atoms with Crippen molar-refractivity contribution in [2.45, 2.75) is 0 Å². The fourth-order valence-electron chi connectivity index (χ4n) is 0. The van der Waals surface area contributed by atoms with Crippen LogP contribution in [0.5, 0.6) is 0 Å². The van der Waals surface area contributed by atoms with Gasteiger partial charge in [-0.25, -0.2) is 0 Å². The van der Waals surface area contributed by atoms with Crippen LogP contribution in [-0.4, -0.2) is 0 Å². The SMILES string of the molecule is [Cl-].[Cl-].[Cl-].[Cl-].[Fe+2].[Ni+2]. The van der Waals surface area contributed by atoms with E-state index in [0.717, 1.165) is 0 Å². The maximum atomic E-state index is 0. The Morgan fingerprint density at radius 1 is 0.500 bits per heavy atom. The molecule has 0 aromatic heterocycles. The molecule has 0 fully saturated rings. The molecule has 0 aromatic carbocycles. The summed E-state index contributed by atoms with van der Waals surface area (Å²) in [6.45, 7) is 0. The van der Waals surface area contributed by atoms with Crippen molar-refractivity contribution in [3.8, 4) is 0 Å². The summed E-state index contributed by atoms with van der Waals surface area (Å²) in [6.07, 6.45) is 0. The average Bonchev–Trinajstić information content (AvgIpc) is 0. The molecule has 0 atom stereocenters. The molecule has 0 bridgehead atoms. The standard InChI is InChI=1S/4ClH.Fe.Ni/h4*1H;;/q;;;;2*+2/p-4. The molecular weight excluding hydrogens is 256 g/mol. The van der Waals surface area contributed by atoms with Gasteiger partial charge in [0, 0.05) is 0 Å². The Hall–Kier alpha value is 2.17. The zero-order chi connectivity index (χ0) is 0. The largest absolute Gasteiger partial charge is 2.00 e. The van der Waals surface area contributed by atoms with E-state index in [1.54, 1.807) is 0 Å². The van der Waals surface area contributed by atoms with Gasteiger partial charge in [0.2, 0.25) is 0 Å². The summed E-state index contributed by atoms with van der Waals surface area (Å²) in [7, 11) is 0. The monoisotopic (exact) mass is 254 g/mol. The third-order valence-electron chi connectivity index (χ3n) is 0. The van der Waals surface area contributed by atoms with E-state index in [-0.39, 0.29) is 83.2 Å². The first-order chi connectivity index (χ1) is 0. The first kappa shape index (κ1) is 89.1. The predicted octanol–water partition coefficient (Wildman–Crippen LogP) is -12.0. The molecule has 0 N–H and O–H groups in total. The van der Waals surface area contributed by atoms with Crippen molar-refractivity contribution in [3.63, 3.8) is 0 Å². The molecule has 0 aliphatic rings. The molecule has 6 heteroatoms. The second-order valence-electron chi connectivity index (χ2n) is 0. The second-order valence-corrected chi connectivity index (χ2v) is 0. The molecule has 0 spiro atoms. The van der Waals surface area contributed by atoms with Crippen molar-refractivity contribution in [1.29, 1.82) is 0 Å². The molecule has 0 aliphatic carbocycles. The number of rotatable bonds is 0. The minimum atomic E-state index is 0. The van der Waals surface area contributed by atoms with Crippen LogP contribution in [-0.2, 0) is 33.6 Å². The molecule has 0 amide bonds. The van der Waals surface area contributed by atoms with Crippen LogP contribution < -0.4 is 49.6 Å². The molecule has 0 aliphatic heterocycles. The number of halogens is 4. The Balaban J connectivity index is 0. The summed E-state index contributed by atoms with van der Waals surface area (Å²) < 4.78 is 0. The van der Waals surface area contributed by atoms with Gasteiger partial charge >= 0.3 is 33.6 Å². The van der Waals surface area contributed by atoms with Crippen LogP contribution in [0.3, 0.4) is 0 Å². The minimum absolute atomic E-state index is 0. The van der Waals surface area contributed by atoms with Crippen molar-refractivity contribution in [2.75, 3.05) is 0 Å². The van der Waals surface area contributed by atoms with Crippen LogP contribution in [0.1, 0.15) is 0 Å². The Morgan fingerprint density at radius 2 is 0.500 bits per heavy atom. The van der Waals surface area contributed by atoms with E-state index in [1.807, 2.05) is 0 Å². The zero-order valence-corrected chi connectivity index (χ0v) is 7.30. The molecule has 6 heavy (non-hydrogen) atoms. The van der Waals surface area contributed by atoms with Gasteiger partial charge in [-0.05, 0) is 0 Å². The van der Waals surface area contributed by atoms with Gasteiger partial charge < -0.3 is 49.6 Å². The predicted molar refractivity (Wildman–Crippen MR) is 0 cm³/mol. The molecule has 0 unspecified atom stereocenters. The van der Waals surface area contributed by atoms with Crippen molar-refractivity contribution >= 4 is 0 Å². The molecule has 0 heterocycles. The number of hydrogen-bond donors (Lipinski definition) is 0.